The number of hydrogen-bond acceptors (Lipinski definition) is 15. The fourth-order valence-electron chi connectivity index (χ4n) is 10.4. The molecule has 0 saturated carbocycles. The highest BCUT2D eigenvalue weighted by atomic mass is 31.2. The summed E-state index contributed by atoms with van der Waals surface area (Å²) in [6.45, 7) is 9.51. The van der Waals surface area contributed by atoms with Crippen molar-refractivity contribution < 1.29 is 80.2 Å². The Morgan fingerprint density at radius 2 is 0.580 bits per heavy atom. The molecule has 0 aliphatic rings. The number of aliphatic hydroxyl groups is 1. The summed E-state index contributed by atoms with van der Waals surface area (Å²) in [5.74, 6) is -0.501. The summed E-state index contributed by atoms with van der Waals surface area (Å²) in [6, 6.07) is 0. The van der Waals surface area contributed by atoms with Crippen molar-refractivity contribution in [2.45, 2.75) is 368 Å². The molecule has 6 atom stereocenters. The predicted molar refractivity (Wildman–Crippen MR) is 354 cm³/mol. The Hall–Kier alpha value is -1.94. The number of phosphoric ester groups is 2. The van der Waals surface area contributed by atoms with E-state index in [9.17, 15) is 43.2 Å². The molecular formula is C69H134O17P2. The average Bonchev–Trinajstić information content (AvgIpc) is 3.57. The van der Waals surface area contributed by atoms with Crippen LogP contribution in [0.15, 0.2) is 0 Å². The highest BCUT2D eigenvalue weighted by Gasteiger charge is 2.30. The average molecular weight is 1300 g/mol. The van der Waals surface area contributed by atoms with E-state index in [0.717, 1.165) is 108 Å². The van der Waals surface area contributed by atoms with Gasteiger partial charge in [0.05, 0.1) is 26.4 Å². The minimum absolute atomic E-state index is 0.105. The monoisotopic (exact) mass is 1300 g/mol. The first-order chi connectivity index (χ1) is 42.4. The first-order valence-corrected chi connectivity index (χ1v) is 39.0. The van der Waals surface area contributed by atoms with Crippen LogP contribution in [0.5, 0.6) is 0 Å². The fraction of sp³-hybridized carbons (Fsp3) is 0.942. The number of rotatable bonds is 68. The maximum absolute atomic E-state index is 13.0. The molecule has 0 aromatic heterocycles. The van der Waals surface area contributed by atoms with Crippen LogP contribution in [0.4, 0.5) is 0 Å². The minimum atomic E-state index is -4.95. The molecule has 0 bridgehead atoms. The van der Waals surface area contributed by atoms with Gasteiger partial charge in [0.1, 0.15) is 19.3 Å². The molecule has 0 aliphatic heterocycles. The van der Waals surface area contributed by atoms with Crippen molar-refractivity contribution >= 4 is 39.5 Å². The molecule has 0 aliphatic carbocycles. The van der Waals surface area contributed by atoms with Crippen LogP contribution in [0.3, 0.4) is 0 Å². The molecule has 3 N–H and O–H groups in total. The van der Waals surface area contributed by atoms with E-state index in [-0.39, 0.29) is 25.7 Å². The number of carbonyl (C=O) groups excluding carboxylic acids is 4. The molecule has 19 heteroatoms. The van der Waals surface area contributed by atoms with Crippen molar-refractivity contribution in [2.75, 3.05) is 39.6 Å². The van der Waals surface area contributed by atoms with Gasteiger partial charge in [0, 0.05) is 25.7 Å². The lowest BCUT2D eigenvalue weighted by molar-refractivity contribution is -0.161. The molecule has 0 heterocycles. The largest absolute Gasteiger partial charge is 0.472 e. The second-order valence-electron chi connectivity index (χ2n) is 25.6. The van der Waals surface area contributed by atoms with E-state index in [4.69, 9.17) is 37.0 Å². The predicted octanol–water partition coefficient (Wildman–Crippen LogP) is 19.6. The van der Waals surface area contributed by atoms with Gasteiger partial charge in [-0.05, 0) is 37.5 Å². The van der Waals surface area contributed by atoms with Crippen LogP contribution in [-0.2, 0) is 65.4 Å². The van der Waals surface area contributed by atoms with Gasteiger partial charge in [0.25, 0.3) is 0 Å². The van der Waals surface area contributed by atoms with E-state index >= 15 is 0 Å². The quantitative estimate of drug-likeness (QED) is 0.0222. The van der Waals surface area contributed by atoms with Crippen molar-refractivity contribution in [3.8, 4) is 0 Å². The van der Waals surface area contributed by atoms with E-state index < -0.39 is 97.5 Å². The molecule has 17 nitrogen and oxygen atoms in total. The van der Waals surface area contributed by atoms with Gasteiger partial charge >= 0.3 is 39.5 Å². The lowest BCUT2D eigenvalue weighted by Crippen LogP contribution is -2.30. The Morgan fingerprint density at radius 1 is 0.330 bits per heavy atom. The van der Waals surface area contributed by atoms with E-state index in [1.54, 1.807) is 0 Å². The molecule has 0 aromatic rings. The van der Waals surface area contributed by atoms with Gasteiger partial charge in [-0.25, -0.2) is 9.13 Å². The standard InChI is InChI=1S/C69H134O17P2/c1-7-10-12-14-15-27-35-41-47-53-68(73)85-64(57-79-66(71)51-45-37-13-11-8-2)59-83-87(75,76)81-55-63(70)56-82-88(77,78)84-60-65(58-80-67(72)52-46-40-34-30-25-22-18-19-23-28-32-38-43-49-61(4)5)86-69(74)54-48-42-36-31-26-21-17-16-20-24-29-33-39-44-50-62(6)9-3/h61-65,70H,7-60H2,1-6H3,(H,75,76)(H,77,78)/t62?,63-,64+,65+/m0/s1. The Morgan fingerprint density at radius 3 is 0.864 bits per heavy atom. The van der Waals surface area contributed by atoms with Gasteiger partial charge in [-0.15, -0.1) is 0 Å². The third-order valence-corrected chi connectivity index (χ3v) is 18.2. The van der Waals surface area contributed by atoms with Crippen molar-refractivity contribution in [2.24, 2.45) is 11.8 Å². The number of phosphoric acid groups is 2. The number of carbonyl (C=O) groups is 4. The maximum Gasteiger partial charge on any atom is 0.472 e. The molecule has 0 rings (SSSR count). The highest BCUT2D eigenvalue weighted by molar-refractivity contribution is 7.47. The van der Waals surface area contributed by atoms with Gasteiger partial charge in [0.2, 0.25) is 0 Å². The van der Waals surface area contributed by atoms with Gasteiger partial charge in [0.15, 0.2) is 12.2 Å². The van der Waals surface area contributed by atoms with Crippen LogP contribution in [0.2, 0.25) is 0 Å². The summed E-state index contributed by atoms with van der Waals surface area (Å²) in [5, 5.41) is 10.5. The van der Waals surface area contributed by atoms with Crippen molar-refractivity contribution in [1.29, 1.82) is 0 Å². The van der Waals surface area contributed by atoms with Crippen molar-refractivity contribution in [3.63, 3.8) is 0 Å². The third kappa shape index (κ3) is 61.6. The van der Waals surface area contributed by atoms with E-state index in [1.807, 2.05) is 0 Å². The number of aliphatic hydroxyl groups excluding tert-OH is 1. The molecule has 0 fully saturated rings. The number of esters is 4. The first kappa shape index (κ1) is 86.1. The fourth-order valence-corrected chi connectivity index (χ4v) is 12.0. The van der Waals surface area contributed by atoms with Gasteiger partial charge in [-0.1, -0.05) is 298 Å². The zero-order valence-electron chi connectivity index (χ0n) is 57.0. The molecule has 0 radical (unpaired) electrons. The lowest BCUT2D eigenvalue weighted by atomic mass is 9.99. The highest BCUT2D eigenvalue weighted by Crippen LogP contribution is 2.45. The summed E-state index contributed by atoms with van der Waals surface area (Å²) < 4.78 is 68.0. The van der Waals surface area contributed by atoms with Crippen molar-refractivity contribution in [1.82, 2.24) is 0 Å². The van der Waals surface area contributed by atoms with Crippen molar-refractivity contribution in [3.05, 3.63) is 0 Å². The Balaban J connectivity index is 5.15. The summed E-state index contributed by atoms with van der Waals surface area (Å²) in [5.41, 5.74) is 0. The Labute approximate surface area is 537 Å². The van der Waals surface area contributed by atoms with Gasteiger partial charge in [-0.2, -0.15) is 0 Å². The summed E-state index contributed by atoms with van der Waals surface area (Å²) in [7, 11) is -9.88. The number of unbranched alkanes of at least 4 members (excludes halogenated alkanes) is 37. The third-order valence-electron chi connectivity index (χ3n) is 16.3. The summed E-state index contributed by atoms with van der Waals surface area (Å²) in [4.78, 5) is 72.2. The molecule has 0 aromatic carbocycles. The Kier molecular flexibility index (Phi) is 59.9. The molecule has 88 heavy (non-hydrogen) atoms. The molecule has 0 spiro atoms. The van der Waals surface area contributed by atoms with Crippen LogP contribution >= 0.6 is 15.6 Å². The van der Waals surface area contributed by atoms with Crippen LogP contribution in [0, 0.1) is 11.8 Å². The van der Waals surface area contributed by atoms with Crippen LogP contribution in [0.25, 0.3) is 0 Å². The van der Waals surface area contributed by atoms with Crippen LogP contribution in [-0.4, -0.2) is 96.7 Å². The zero-order chi connectivity index (χ0) is 65.0. The molecule has 3 unspecified atom stereocenters. The Bertz CT molecular complexity index is 1720. The minimum Gasteiger partial charge on any atom is -0.462 e. The number of hydrogen-bond donors (Lipinski definition) is 3. The second kappa shape index (κ2) is 61.3. The topological polar surface area (TPSA) is 237 Å². The zero-order valence-corrected chi connectivity index (χ0v) is 58.8. The van der Waals surface area contributed by atoms with Gasteiger partial charge in [-0.3, -0.25) is 37.3 Å². The van der Waals surface area contributed by atoms with E-state index in [2.05, 4.69) is 41.5 Å². The normalized spacial score (nSPS) is 14.5. The molecule has 0 saturated heterocycles. The molecule has 0 amide bonds. The maximum atomic E-state index is 13.0. The van der Waals surface area contributed by atoms with Crippen LogP contribution < -0.4 is 0 Å². The smallest absolute Gasteiger partial charge is 0.462 e. The molecule has 522 valence electrons. The van der Waals surface area contributed by atoms with Crippen LogP contribution in [0.1, 0.15) is 350 Å². The first-order valence-electron chi connectivity index (χ1n) is 36.0. The molecular weight excluding hydrogens is 1160 g/mol. The van der Waals surface area contributed by atoms with E-state index in [1.165, 1.54) is 161 Å². The van der Waals surface area contributed by atoms with E-state index in [0.29, 0.717) is 25.7 Å². The SMILES string of the molecule is CCCCCCCCCCCC(=O)O[C@H](COC(=O)CCCCCCC)COP(=O)(O)OC[C@H](O)COP(=O)(O)OC[C@@H](COC(=O)CCCCCCCCCCCCCCCC(C)C)OC(=O)CCCCCCCCCCCCCCCCC(C)CC. The summed E-state index contributed by atoms with van der Waals surface area (Å²) >= 11 is 0. The van der Waals surface area contributed by atoms with Gasteiger partial charge < -0.3 is 33.8 Å². The summed E-state index contributed by atoms with van der Waals surface area (Å²) in [6.07, 6.45) is 46.2. The number of ether oxygens (including phenoxy) is 4. The lowest BCUT2D eigenvalue weighted by Gasteiger charge is -2.21. The second-order valence-corrected chi connectivity index (χ2v) is 28.5.